The van der Waals surface area contributed by atoms with E-state index in [2.05, 4.69) is 15.5 Å². The van der Waals surface area contributed by atoms with Gasteiger partial charge < -0.3 is 14.6 Å². The second-order valence-corrected chi connectivity index (χ2v) is 4.50. The fourth-order valence-corrected chi connectivity index (χ4v) is 1.92. The third-order valence-electron chi connectivity index (χ3n) is 3.02. The van der Waals surface area contributed by atoms with E-state index in [1.165, 1.54) is 0 Å². The van der Waals surface area contributed by atoms with Crippen LogP contribution in [0.3, 0.4) is 0 Å². The molecule has 1 aromatic carbocycles. The quantitative estimate of drug-likeness (QED) is 0.800. The molecule has 110 valence electrons. The molecule has 1 amide bonds. The van der Waals surface area contributed by atoms with Crippen molar-refractivity contribution in [2.45, 2.75) is 0 Å². The van der Waals surface area contributed by atoms with Gasteiger partial charge in [-0.05, 0) is 24.3 Å². The minimum atomic E-state index is -0.354. The number of ether oxygens (including phenoxy) is 1. The van der Waals surface area contributed by atoms with Crippen LogP contribution in [0.25, 0.3) is 11.3 Å². The molecule has 2 aromatic heterocycles. The molecule has 1 N–H and O–H groups in total. The van der Waals surface area contributed by atoms with E-state index in [0.717, 1.165) is 5.56 Å². The lowest BCUT2D eigenvalue weighted by Gasteiger charge is -2.04. The summed E-state index contributed by atoms with van der Waals surface area (Å²) < 4.78 is 10.3. The number of rotatable bonds is 4. The molecule has 3 rings (SSSR count). The van der Waals surface area contributed by atoms with E-state index in [1.54, 1.807) is 55.9 Å². The van der Waals surface area contributed by atoms with E-state index in [0.29, 0.717) is 17.2 Å². The van der Waals surface area contributed by atoms with E-state index in [9.17, 15) is 4.79 Å². The summed E-state index contributed by atoms with van der Waals surface area (Å²) in [6.07, 6.45) is 3.31. The Hall–Kier alpha value is -3.15. The summed E-state index contributed by atoms with van der Waals surface area (Å²) in [4.78, 5) is 16.2. The van der Waals surface area contributed by atoms with Crippen molar-refractivity contribution >= 4 is 11.6 Å². The number of methoxy groups -OCH3 is 1. The Bertz CT molecular complexity index is 784. The summed E-state index contributed by atoms with van der Waals surface area (Å²) in [5, 5.41) is 6.53. The SMILES string of the molecule is COc1cccc(NC(=O)c2cc(-c3cccnc3)on2)c1. The first kappa shape index (κ1) is 13.8. The highest BCUT2D eigenvalue weighted by Gasteiger charge is 2.14. The first-order valence-electron chi connectivity index (χ1n) is 6.59. The Morgan fingerprint density at radius 2 is 2.14 bits per heavy atom. The largest absolute Gasteiger partial charge is 0.497 e. The molecule has 0 unspecified atom stereocenters. The van der Waals surface area contributed by atoms with Gasteiger partial charge in [-0.15, -0.1) is 0 Å². The van der Waals surface area contributed by atoms with Gasteiger partial charge in [0.25, 0.3) is 5.91 Å². The zero-order valence-corrected chi connectivity index (χ0v) is 11.8. The van der Waals surface area contributed by atoms with E-state index in [1.807, 2.05) is 6.07 Å². The molecule has 6 heteroatoms. The number of carbonyl (C=O) groups is 1. The molecular formula is C16H13N3O3. The van der Waals surface area contributed by atoms with Gasteiger partial charge in [0.1, 0.15) is 5.75 Å². The number of hydrogen-bond donors (Lipinski definition) is 1. The van der Waals surface area contributed by atoms with Crippen LogP contribution in [-0.4, -0.2) is 23.2 Å². The maximum atomic E-state index is 12.2. The Kier molecular flexibility index (Phi) is 3.82. The summed E-state index contributed by atoms with van der Waals surface area (Å²) in [6, 6.07) is 12.3. The highest BCUT2D eigenvalue weighted by Crippen LogP contribution is 2.21. The summed E-state index contributed by atoms with van der Waals surface area (Å²) in [6.45, 7) is 0. The van der Waals surface area contributed by atoms with Crippen molar-refractivity contribution < 1.29 is 14.1 Å². The number of aromatic nitrogens is 2. The van der Waals surface area contributed by atoms with Crippen LogP contribution in [0.5, 0.6) is 5.75 Å². The zero-order valence-electron chi connectivity index (χ0n) is 11.8. The molecule has 3 aromatic rings. The van der Waals surface area contributed by atoms with Gasteiger partial charge in [0.2, 0.25) is 0 Å². The van der Waals surface area contributed by atoms with Crippen LogP contribution in [0.2, 0.25) is 0 Å². The average Bonchev–Trinajstić information content (AvgIpc) is 3.06. The van der Waals surface area contributed by atoms with Gasteiger partial charge in [-0.1, -0.05) is 11.2 Å². The first-order valence-corrected chi connectivity index (χ1v) is 6.59. The molecule has 0 aliphatic heterocycles. The second kappa shape index (κ2) is 6.09. The fourth-order valence-electron chi connectivity index (χ4n) is 1.92. The van der Waals surface area contributed by atoms with Crippen LogP contribution in [-0.2, 0) is 0 Å². The molecule has 0 saturated heterocycles. The van der Waals surface area contributed by atoms with Gasteiger partial charge in [0.05, 0.1) is 7.11 Å². The minimum absolute atomic E-state index is 0.196. The number of nitrogens with one attached hydrogen (secondary N) is 1. The van der Waals surface area contributed by atoms with Crippen LogP contribution >= 0.6 is 0 Å². The standard InChI is InChI=1S/C16H13N3O3/c1-21-13-6-2-5-12(8-13)18-16(20)14-9-15(22-19-14)11-4-3-7-17-10-11/h2-10H,1H3,(H,18,20). The van der Waals surface area contributed by atoms with Crippen molar-refractivity contribution in [3.8, 4) is 17.1 Å². The Morgan fingerprint density at radius 1 is 1.23 bits per heavy atom. The molecular weight excluding hydrogens is 282 g/mol. The van der Waals surface area contributed by atoms with Crippen molar-refractivity contribution in [3.63, 3.8) is 0 Å². The molecule has 0 radical (unpaired) electrons. The van der Waals surface area contributed by atoms with Crippen LogP contribution in [0.15, 0.2) is 59.4 Å². The number of carbonyl (C=O) groups excluding carboxylic acids is 1. The average molecular weight is 295 g/mol. The molecule has 0 saturated carbocycles. The van der Waals surface area contributed by atoms with Crippen LogP contribution in [0.4, 0.5) is 5.69 Å². The predicted octanol–water partition coefficient (Wildman–Crippen LogP) is 3.00. The van der Waals surface area contributed by atoms with Crippen LogP contribution in [0.1, 0.15) is 10.5 Å². The summed E-state index contributed by atoms with van der Waals surface area (Å²) in [5.74, 6) is 0.796. The second-order valence-electron chi connectivity index (χ2n) is 4.50. The van der Waals surface area contributed by atoms with E-state index < -0.39 is 0 Å². The Balaban J connectivity index is 1.77. The minimum Gasteiger partial charge on any atom is -0.497 e. The summed E-state index contributed by atoms with van der Waals surface area (Å²) >= 11 is 0. The lowest BCUT2D eigenvalue weighted by molar-refractivity contribution is 0.101. The molecule has 6 nitrogen and oxygen atoms in total. The number of amides is 1. The van der Waals surface area contributed by atoms with Crippen molar-refractivity contribution in [1.29, 1.82) is 0 Å². The summed E-state index contributed by atoms with van der Waals surface area (Å²) in [7, 11) is 1.57. The number of anilines is 1. The molecule has 0 atom stereocenters. The third-order valence-corrected chi connectivity index (χ3v) is 3.02. The lowest BCUT2D eigenvalue weighted by atomic mass is 10.2. The predicted molar refractivity (Wildman–Crippen MR) is 80.7 cm³/mol. The van der Waals surface area contributed by atoms with Gasteiger partial charge >= 0.3 is 0 Å². The van der Waals surface area contributed by atoms with E-state index >= 15 is 0 Å². The van der Waals surface area contributed by atoms with Crippen molar-refractivity contribution in [2.75, 3.05) is 12.4 Å². The number of hydrogen-bond acceptors (Lipinski definition) is 5. The maximum absolute atomic E-state index is 12.2. The van der Waals surface area contributed by atoms with Crippen LogP contribution in [0, 0.1) is 0 Å². The fraction of sp³-hybridized carbons (Fsp3) is 0.0625. The first-order chi connectivity index (χ1) is 10.8. The smallest absolute Gasteiger partial charge is 0.277 e. The van der Waals surface area contributed by atoms with Gasteiger partial charge in [-0.25, -0.2) is 0 Å². The molecule has 2 heterocycles. The van der Waals surface area contributed by atoms with Gasteiger partial charge in [-0.3, -0.25) is 9.78 Å². The third kappa shape index (κ3) is 2.95. The van der Waals surface area contributed by atoms with Gasteiger partial charge in [-0.2, -0.15) is 0 Å². The topological polar surface area (TPSA) is 77.2 Å². The number of benzene rings is 1. The summed E-state index contributed by atoms with van der Waals surface area (Å²) in [5.41, 5.74) is 1.58. The number of pyridine rings is 1. The lowest BCUT2D eigenvalue weighted by Crippen LogP contribution is -2.12. The van der Waals surface area contributed by atoms with Crippen molar-refractivity contribution in [2.24, 2.45) is 0 Å². The Labute approximate surface area is 126 Å². The number of nitrogens with zero attached hydrogens (tertiary/aromatic N) is 2. The molecule has 0 bridgehead atoms. The monoisotopic (exact) mass is 295 g/mol. The molecule has 0 aliphatic carbocycles. The van der Waals surface area contributed by atoms with Crippen LogP contribution < -0.4 is 10.1 Å². The Morgan fingerprint density at radius 3 is 2.91 bits per heavy atom. The van der Waals surface area contributed by atoms with E-state index in [4.69, 9.17) is 9.26 Å². The molecule has 0 fully saturated rings. The van der Waals surface area contributed by atoms with E-state index in [-0.39, 0.29) is 11.6 Å². The normalized spacial score (nSPS) is 10.2. The van der Waals surface area contributed by atoms with Crippen molar-refractivity contribution in [1.82, 2.24) is 10.1 Å². The molecule has 0 aliphatic rings. The highest BCUT2D eigenvalue weighted by atomic mass is 16.5. The molecule has 22 heavy (non-hydrogen) atoms. The maximum Gasteiger partial charge on any atom is 0.277 e. The zero-order chi connectivity index (χ0) is 15.4. The van der Waals surface area contributed by atoms with Crippen molar-refractivity contribution in [3.05, 3.63) is 60.6 Å². The van der Waals surface area contributed by atoms with Gasteiger partial charge in [0.15, 0.2) is 11.5 Å². The van der Waals surface area contributed by atoms with Gasteiger partial charge in [0, 0.05) is 35.8 Å². The highest BCUT2D eigenvalue weighted by molar-refractivity contribution is 6.03. The molecule has 0 spiro atoms.